The van der Waals surface area contributed by atoms with Crippen molar-refractivity contribution >= 4 is 0 Å². The SMILES string of the molecule is CC#CCCNCc1ccc(O)c(O)c1. The highest BCUT2D eigenvalue weighted by atomic mass is 16.3. The van der Waals surface area contributed by atoms with Gasteiger partial charge in [-0.05, 0) is 24.6 Å². The van der Waals surface area contributed by atoms with Gasteiger partial charge in [-0.1, -0.05) is 6.07 Å². The van der Waals surface area contributed by atoms with Crippen LogP contribution in [0, 0.1) is 11.8 Å². The molecule has 0 unspecified atom stereocenters. The molecule has 0 atom stereocenters. The highest BCUT2D eigenvalue weighted by Gasteiger charge is 1.99. The van der Waals surface area contributed by atoms with E-state index in [4.69, 9.17) is 5.11 Å². The van der Waals surface area contributed by atoms with E-state index in [1.807, 2.05) is 6.92 Å². The van der Waals surface area contributed by atoms with Gasteiger partial charge in [-0.2, -0.15) is 0 Å². The van der Waals surface area contributed by atoms with Crippen molar-refractivity contribution < 1.29 is 10.2 Å². The Morgan fingerprint density at radius 2 is 2.07 bits per heavy atom. The van der Waals surface area contributed by atoms with Gasteiger partial charge in [-0.3, -0.25) is 0 Å². The predicted octanol–water partition coefficient (Wildman–Crippen LogP) is 1.60. The Hall–Kier alpha value is -1.66. The van der Waals surface area contributed by atoms with Crippen molar-refractivity contribution in [3.63, 3.8) is 0 Å². The normalized spacial score (nSPS) is 9.40. The van der Waals surface area contributed by atoms with E-state index in [0.29, 0.717) is 6.54 Å². The molecule has 0 aliphatic rings. The molecular weight excluding hydrogens is 190 g/mol. The first-order valence-corrected chi connectivity index (χ1v) is 4.85. The van der Waals surface area contributed by atoms with E-state index in [1.165, 1.54) is 6.07 Å². The van der Waals surface area contributed by atoms with Crippen molar-refractivity contribution in [2.75, 3.05) is 6.54 Å². The number of aromatic hydroxyl groups is 2. The Morgan fingerprint density at radius 3 is 2.73 bits per heavy atom. The van der Waals surface area contributed by atoms with Crippen LogP contribution >= 0.6 is 0 Å². The van der Waals surface area contributed by atoms with E-state index in [0.717, 1.165) is 18.5 Å². The molecule has 3 nitrogen and oxygen atoms in total. The van der Waals surface area contributed by atoms with E-state index in [2.05, 4.69) is 17.2 Å². The summed E-state index contributed by atoms with van der Waals surface area (Å²) in [7, 11) is 0. The number of rotatable bonds is 4. The molecule has 0 aliphatic carbocycles. The van der Waals surface area contributed by atoms with Crippen molar-refractivity contribution in [1.29, 1.82) is 0 Å². The largest absolute Gasteiger partial charge is 0.504 e. The zero-order chi connectivity index (χ0) is 11.1. The summed E-state index contributed by atoms with van der Waals surface area (Å²) < 4.78 is 0. The smallest absolute Gasteiger partial charge is 0.157 e. The quantitative estimate of drug-likeness (QED) is 0.397. The molecule has 0 amide bonds. The Balaban J connectivity index is 2.36. The lowest BCUT2D eigenvalue weighted by Crippen LogP contribution is -2.13. The first-order chi connectivity index (χ1) is 7.24. The standard InChI is InChI=1S/C12H15NO2/c1-2-3-4-7-13-9-10-5-6-11(14)12(15)8-10/h5-6,8,13-15H,4,7,9H2,1H3. The third-order valence-corrected chi connectivity index (χ3v) is 1.97. The molecule has 1 rings (SSSR count). The Kier molecular flexibility index (Phi) is 4.52. The molecule has 0 heterocycles. The molecule has 0 radical (unpaired) electrons. The van der Waals surface area contributed by atoms with Gasteiger partial charge in [0.25, 0.3) is 0 Å². The van der Waals surface area contributed by atoms with Gasteiger partial charge in [0.2, 0.25) is 0 Å². The van der Waals surface area contributed by atoms with Crippen molar-refractivity contribution in [2.45, 2.75) is 19.9 Å². The summed E-state index contributed by atoms with van der Waals surface area (Å²) in [6, 6.07) is 4.81. The monoisotopic (exact) mass is 205 g/mol. The average molecular weight is 205 g/mol. The van der Waals surface area contributed by atoms with Crippen LogP contribution in [0.1, 0.15) is 18.9 Å². The fraction of sp³-hybridized carbons (Fsp3) is 0.333. The highest BCUT2D eigenvalue weighted by Crippen LogP contribution is 2.24. The number of nitrogens with one attached hydrogen (secondary N) is 1. The number of phenolic OH excluding ortho intramolecular Hbond substituents is 2. The number of benzene rings is 1. The summed E-state index contributed by atoms with van der Waals surface area (Å²) >= 11 is 0. The molecule has 3 N–H and O–H groups in total. The molecule has 0 saturated heterocycles. The van der Waals surface area contributed by atoms with E-state index in [-0.39, 0.29) is 11.5 Å². The third kappa shape index (κ3) is 3.92. The van der Waals surface area contributed by atoms with E-state index in [9.17, 15) is 5.11 Å². The molecule has 0 aromatic heterocycles. The first-order valence-electron chi connectivity index (χ1n) is 4.85. The molecule has 0 bridgehead atoms. The van der Waals surface area contributed by atoms with Crippen molar-refractivity contribution in [1.82, 2.24) is 5.32 Å². The third-order valence-electron chi connectivity index (χ3n) is 1.97. The lowest BCUT2D eigenvalue weighted by atomic mass is 10.2. The van der Waals surface area contributed by atoms with Crippen LogP contribution in [0.15, 0.2) is 18.2 Å². The van der Waals surface area contributed by atoms with Gasteiger partial charge in [0.15, 0.2) is 11.5 Å². The van der Waals surface area contributed by atoms with Gasteiger partial charge in [-0.15, -0.1) is 11.8 Å². The van der Waals surface area contributed by atoms with Crippen LogP contribution in [0.4, 0.5) is 0 Å². The second-order valence-electron chi connectivity index (χ2n) is 3.18. The second kappa shape index (κ2) is 5.94. The fourth-order valence-corrected chi connectivity index (χ4v) is 1.19. The minimum atomic E-state index is -0.0874. The highest BCUT2D eigenvalue weighted by molar-refractivity contribution is 5.40. The topological polar surface area (TPSA) is 52.5 Å². The maximum absolute atomic E-state index is 9.24. The van der Waals surface area contributed by atoms with Crippen LogP contribution in [-0.4, -0.2) is 16.8 Å². The summed E-state index contributed by atoms with van der Waals surface area (Å²) in [6.45, 7) is 3.31. The molecule has 0 saturated carbocycles. The molecule has 0 aliphatic heterocycles. The van der Waals surface area contributed by atoms with Crippen LogP contribution in [0.5, 0.6) is 11.5 Å². The van der Waals surface area contributed by atoms with Gasteiger partial charge in [0.05, 0.1) is 0 Å². The van der Waals surface area contributed by atoms with E-state index in [1.54, 1.807) is 12.1 Å². The number of phenols is 2. The minimum absolute atomic E-state index is 0.0809. The molecular formula is C12H15NO2. The van der Waals surface area contributed by atoms with Gasteiger partial charge >= 0.3 is 0 Å². The van der Waals surface area contributed by atoms with E-state index < -0.39 is 0 Å². The molecule has 0 fully saturated rings. The van der Waals surface area contributed by atoms with Crippen LogP contribution < -0.4 is 5.32 Å². The lowest BCUT2D eigenvalue weighted by Gasteiger charge is -2.04. The van der Waals surface area contributed by atoms with Crippen LogP contribution in [0.2, 0.25) is 0 Å². The summed E-state index contributed by atoms with van der Waals surface area (Å²) in [5.74, 6) is 5.60. The second-order valence-corrected chi connectivity index (χ2v) is 3.18. The fourth-order valence-electron chi connectivity index (χ4n) is 1.19. The van der Waals surface area contributed by atoms with Gasteiger partial charge in [0, 0.05) is 19.5 Å². The summed E-state index contributed by atoms with van der Waals surface area (Å²) in [4.78, 5) is 0. The predicted molar refractivity (Wildman–Crippen MR) is 59.5 cm³/mol. The molecule has 1 aromatic carbocycles. The number of hydrogen-bond acceptors (Lipinski definition) is 3. The zero-order valence-corrected chi connectivity index (χ0v) is 8.75. The van der Waals surface area contributed by atoms with Gasteiger partial charge in [-0.25, -0.2) is 0 Å². The van der Waals surface area contributed by atoms with Crippen molar-refractivity contribution in [3.05, 3.63) is 23.8 Å². The van der Waals surface area contributed by atoms with Crippen molar-refractivity contribution in [3.8, 4) is 23.3 Å². The Morgan fingerprint density at radius 1 is 1.27 bits per heavy atom. The van der Waals surface area contributed by atoms with Crippen molar-refractivity contribution in [2.24, 2.45) is 0 Å². The molecule has 15 heavy (non-hydrogen) atoms. The molecule has 0 spiro atoms. The van der Waals surface area contributed by atoms with E-state index >= 15 is 0 Å². The summed E-state index contributed by atoms with van der Waals surface area (Å²) in [5.41, 5.74) is 0.940. The minimum Gasteiger partial charge on any atom is -0.504 e. The van der Waals surface area contributed by atoms with Gasteiger partial charge in [0.1, 0.15) is 0 Å². The maximum atomic E-state index is 9.24. The molecule has 1 aromatic rings. The zero-order valence-electron chi connectivity index (χ0n) is 8.75. The molecule has 3 heteroatoms. The summed E-state index contributed by atoms with van der Waals surface area (Å²) in [5, 5.41) is 21.5. The average Bonchev–Trinajstić information content (AvgIpc) is 2.23. The van der Waals surface area contributed by atoms with Gasteiger partial charge < -0.3 is 15.5 Å². The Bertz CT molecular complexity index is 377. The number of hydrogen-bond donors (Lipinski definition) is 3. The van der Waals surface area contributed by atoms with Crippen LogP contribution in [0.25, 0.3) is 0 Å². The summed E-state index contributed by atoms with van der Waals surface area (Å²) in [6.07, 6.45) is 0.820. The Labute approximate surface area is 89.8 Å². The first kappa shape index (κ1) is 11.4. The van der Waals surface area contributed by atoms with Crippen LogP contribution in [0.3, 0.4) is 0 Å². The molecule has 80 valence electrons. The maximum Gasteiger partial charge on any atom is 0.157 e. The van der Waals surface area contributed by atoms with Crippen LogP contribution in [-0.2, 0) is 6.54 Å². The lowest BCUT2D eigenvalue weighted by molar-refractivity contribution is 0.403.